The van der Waals surface area contributed by atoms with Crippen LogP contribution < -0.4 is 5.32 Å². The van der Waals surface area contributed by atoms with E-state index in [1.807, 2.05) is 17.0 Å². The van der Waals surface area contributed by atoms with Crippen LogP contribution in [0.4, 0.5) is 13.2 Å². The summed E-state index contributed by atoms with van der Waals surface area (Å²) in [4.78, 5) is 28.2. The van der Waals surface area contributed by atoms with Gasteiger partial charge in [0.05, 0.1) is 11.3 Å². The van der Waals surface area contributed by atoms with Gasteiger partial charge in [0.15, 0.2) is 0 Å². The molecule has 1 amide bonds. The number of carboxylic acid groups (broad SMARTS) is 1. The Hall–Kier alpha value is -3.73. The Morgan fingerprint density at radius 1 is 1.08 bits per heavy atom. The standard InChI is InChI=1S/C23H27N5O.C2HF3O2/c1-23(2,3)19-6-4-16(5-7-19)21-15-28(11-10-25-21)22(29)18-12-17(13-24-14-18)20-8-9-26-27-20;3-2(4,5)1(6)7/h4-9,12-14,21,25H,10-11,15H2,1-3H3,(H,26,27);(H,6,7). The highest BCUT2D eigenvalue weighted by molar-refractivity contribution is 5.95. The zero-order chi connectivity index (χ0) is 26.5. The monoisotopic (exact) mass is 503 g/mol. The molecule has 0 bridgehead atoms. The van der Waals surface area contributed by atoms with E-state index < -0.39 is 12.1 Å². The largest absolute Gasteiger partial charge is 0.490 e. The van der Waals surface area contributed by atoms with Gasteiger partial charge in [-0.2, -0.15) is 18.3 Å². The summed E-state index contributed by atoms with van der Waals surface area (Å²) in [6.07, 6.45) is -0.0192. The molecule has 1 fully saturated rings. The van der Waals surface area contributed by atoms with Gasteiger partial charge in [0.1, 0.15) is 0 Å². The van der Waals surface area contributed by atoms with E-state index in [0.717, 1.165) is 17.8 Å². The fraction of sp³-hybridized carbons (Fsp3) is 0.360. The number of amides is 1. The van der Waals surface area contributed by atoms with Gasteiger partial charge >= 0.3 is 12.1 Å². The van der Waals surface area contributed by atoms with Crippen molar-refractivity contribution in [3.63, 3.8) is 0 Å². The van der Waals surface area contributed by atoms with Crippen LogP contribution in [0.2, 0.25) is 0 Å². The minimum atomic E-state index is -5.08. The van der Waals surface area contributed by atoms with E-state index in [1.165, 1.54) is 11.1 Å². The third-order valence-corrected chi connectivity index (χ3v) is 5.68. The first-order chi connectivity index (χ1) is 16.9. The van der Waals surface area contributed by atoms with Crippen LogP contribution in [0.5, 0.6) is 0 Å². The van der Waals surface area contributed by atoms with E-state index in [9.17, 15) is 18.0 Å². The lowest BCUT2D eigenvalue weighted by Crippen LogP contribution is -2.48. The number of piperazine rings is 1. The predicted octanol–water partition coefficient (Wildman–Crippen LogP) is 4.19. The van der Waals surface area contributed by atoms with Crippen molar-refractivity contribution in [3.05, 3.63) is 71.7 Å². The smallest absolute Gasteiger partial charge is 0.475 e. The van der Waals surface area contributed by atoms with Crippen LogP contribution in [0.25, 0.3) is 11.3 Å². The van der Waals surface area contributed by atoms with E-state index >= 15 is 0 Å². The fourth-order valence-electron chi connectivity index (χ4n) is 3.68. The van der Waals surface area contributed by atoms with Gasteiger partial charge in [0, 0.05) is 49.8 Å². The van der Waals surface area contributed by atoms with Crippen molar-refractivity contribution in [2.24, 2.45) is 0 Å². The minimum absolute atomic E-state index is 0.0108. The highest BCUT2D eigenvalue weighted by atomic mass is 19.4. The number of hydrogen-bond acceptors (Lipinski definition) is 5. The van der Waals surface area contributed by atoms with Crippen molar-refractivity contribution in [3.8, 4) is 11.3 Å². The first-order valence-electron chi connectivity index (χ1n) is 11.2. The third-order valence-electron chi connectivity index (χ3n) is 5.68. The number of halogens is 3. The van der Waals surface area contributed by atoms with Gasteiger partial charge in [-0.05, 0) is 28.7 Å². The first kappa shape index (κ1) is 26.9. The molecule has 4 rings (SSSR count). The maximum atomic E-state index is 13.1. The van der Waals surface area contributed by atoms with Gasteiger partial charge in [0.2, 0.25) is 0 Å². The summed E-state index contributed by atoms with van der Waals surface area (Å²) in [5.74, 6) is -2.75. The summed E-state index contributed by atoms with van der Waals surface area (Å²) < 4.78 is 31.7. The number of nitrogens with zero attached hydrogens (tertiary/aromatic N) is 3. The second kappa shape index (κ2) is 10.9. The van der Waals surface area contributed by atoms with Gasteiger partial charge in [0.25, 0.3) is 5.91 Å². The number of aromatic nitrogens is 3. The highest BCUT2D eigenvalue weighted by Crippen LogP contribution is 2.26. The normalized spacial score (nSPS) is 16.2. The number of pyridine rings is 1. The topological polar surface area (TPSA) is 111 Å². The van der Waals surface area contributed by atoms with Crippen molar-refractivity contribution in [1.82, 2.24) is 25.4 Å². The number of hydrogen-bond donors (Lipinski definition) is 3. The molecule has 1 unspecified atom stereocenters. The lowest BCUT2D eigenvalue weighted by molar-refractivity contribution is -0.192. The molecule has 3 heterocycles. The van der Waals surface area contributed by atoms with E-state index in [2.05, 4.69) is 65.5 Å². The first-order valence-corrected chi connectivity index (χ1v) is 11.2. The molecule has 1 aromatic carbocycles. The summed E-state index contributed by atoms with van der Waals surface area (Å²) in [5, 5.41) is 17.6. The number of nitrogens with one attached hydrogen (secondary N) is 2. The van der Waals surface area contributed by atoms with Gasteiger partial charge in [-0.15, -0.1) is 0 Å². The number of alkyl halides is 3. The summed E-state index contributed by atoms with van der Waals surface area (Å²) >= 11 is 0. The molecule has 11 heteroatoms. The second-order valence-electron chi connectivity index (χ2n) is 9.37. The third kappa shape index (κ3) is 6.91. The summed E-state index contributed by atoms with van der Waals surface area (Å²) in [5.41, 5.74) is 4.96. The Balaban J connectivity index is 0.000000454. The van der Waals surface area contributed by atoms with Crippen molar-refractivity contribution < 1.29 is 27.9 Å². The number of rotatable bonds is 3. The Morgan fingerprint density at radius 2 is 1.75 bits per heavy atom. The van der Waals surface area contributed by atoms with Crippen LogP contribution in [0.1, 0.15) is 48.3 Å². The van der Waals surface area contributed by atoms with Crippen LogP contribution in [0, 0.1) is 0 Å². The van der Waals surface area contributed by atoms with Crippen molar-refractivity contribution in [2.75, 3.05) is 19.6 Å². The second-order valence-corrected chi connectivity index (χ2v) is 9.37. The Morgan fingerprint density at radius 3 is 2.31 bits per heavy atom. The number of aromatic amines is 1. The van der Waals surface area contributed by atoms with Crippen LogP contribution in [0.15, 0.2) is 55.0 Å². The molecule has 0 saturated carbocycles. The van der Waals surface area contributed by atoms with E-state index in [4.69, 9.17) is 9.90 Å². The van der Waals surface area contributed by atoms with Crippen LogP contribution in [-0.4, -0.2) is 62.9 Å². The van der Waals surface area contributed by atoms with E-state index in [1.54, 1.807) is 18.6 Å². The van der Waals surface area contributed by atoms with Gasteiger partial charge < -0.3 is 15.3 Å². The maximum absolute atomic E-state index is 13.1. The quantitative estimate of drug-likeness (QED) is 0.494. The number of carbonyl (C=O) groups is 2. The average Bonchev–Trinajstić information content (AvgIpc) is 3.38. The molecule has 0 radical (unpaired) electrons. The molecule has 36 heavy (non-hydrogen) atoms. The lowest BCUT2D eigenvalue weighted by atomic mass is 9.86. The molecule has 1 aliphatic heterocycles. The highest BCUT2D eigenvalue weighted by Gasteiger charge is 2.38. The molecule has 8 nitrogen and oxygen atoms in total. The molecular formula is C25H28F3N5O3. The molecule has 0 spiro atoms. The van der Waals surface area contributed by atoms with Gasteiger partial charge in [-0.25, -0.2) is 4.79 Å². The van der Waals surface area contributed by atoms with E-state index in [-0.39, 0.29) is 17.4 Å². The average molecular weight is 504 g/mol. The SMILES string of the molecule is CC(C)(C)c1ccc(C2CN(C(=O)c3cncc(-c4ccn[nH]4)c3)CCN2)cc1.O=C(O)C(F)(F)F. The Labute approximate surface area is 206 Å². The summed E-state index contributed by atoms with van der Waals surface area (Å²) in [6.45, 7) is 8.74. The zero-order valence-electron chi connectivity index (χ0n) is 20.1. The molecule has 3 aromatic rings. The minimum Gasteiger partial charge on any atom is -0.475 e. The number of H-pyrrole nitrogens is 1. The van der Waals surface area contributed by atoms with Crippen LogP contribution in [0.3, 0.4) is 0 Å². The molecule has 1 aliphatic rings. The predicted molar refractivity (Wildman–Crippen MR) is 127 cm³/mol. The number of benzene rings is 1. The fourth-order valence-corrected chi connectivity index (χ4v) is 3.68. The molecule has 2 aromatic heterocycles. The van der Waals surface area contributed by atoms with E-state index in [0.29, 0.717) is 18.7 Å². The summed E-state index contributed by atoms with van der Waals surface area (Å²) in [7, 11) is 0. The molecule has 0 aliphatic carbocycles. The summed E-state index contributed by atoms with van der Waals surface area (Å²) in [6, 6.07) is 12.6. The number of carbonyl (C=O) groups excluding carboxylic acids is 1. The lowest BCUT2D eigenvalue weighted by Gasteiger charge is -2.34. The van der Waals surface area contributed by atoms with Crippen molar-refractivity contribution >= 4 is 11.9 Å². The van der Waals surface area contributed by atoms with Gasteiger partial charge in [-0.3, -0.25) is 14.9 Å². The van der Waals surface area contributed by atoms with Gasteiger partial charge in [-0.1, -0.05) is 45.0 Å². The molecule has 1 saturated heterocycles. The maximum Gasteiger partial charge on any atom is 0.490 e. The van der Waals surface area contributed by atoms with Crippen molar-refractivity contribution in [1.29, 1.82) is 0 Å². The van der Waals surface area contributed by atoms with Crippen molar-refractivity contribution in [2.45, 2.75) is 38.4 Å². The molecule has 192 valence electrons. The number of aliphatic carboxylic acids is 1. The molecule has 1 atom stereocenters. The molecule has 3 N–H and O–H groups in total. The Kier molecular flexibility index (Phi) is 8.13. The number of carboxylic acids is 1. The van der Waals surface area contributed by atoms with Crippen LogP contribution >= 0.6 is 0 Å². The Bertz CT molecular complexity index is 1170. The van der Waals surface area contributed by atoms with Crippen LogP contribution in [-0.2, 0) is 10.2 Å². The molecular weight excluding hydrogens is 475 g/mol. The zero-order valence-corrected chi connectivity index (χ0v) is 20.1.